The zero-order chi connectivity index (χ0) is 21.8. The molecule has 31 heavy (non-hydrogen) atoms. The molecule has 0 aromatic heterocycles. The second kappa shape index (κ2) is 9.84. The van der Waals surface area contributed by atoms with Gasteiger partial charge in [0.1, 0.15) is 12.4 Å². The van der Waals surface area contributed by atoms with Gasteiger partial charge in [0.25, 0.3) is 0 Å². The van der Waals surface area contributed by atoms with Crippen LogP contribution < -0.4 is 4.74 Å². The lowest BCUT2D eigenvalue weighted by Crippen LogP contribution is -2.50. The molecule has 2 aliphatic rings. The summed E-state index contributed by atoms with van der Waals surface area (Å²) in [5.41, 5.74) is 3.55. The summed E-state index contributed by atoms with van der Waals surface area (Å²) in [6, 6.07) is 17.2. The number of nitrogens with zero attached hydrogens (tertiary/aromatic N) is 3. The number of rotatable bonds is 6. The molecule has 0 N–H and O–H groups in total. The van der Waals surface area contributed by atoms with Crippen LogP contribution in [0, 0.1) is 6.92 Å². The number of ether oxygens (including phenoxy) is 1. The van der Waals surface area contributed by atoms with Crippen LogP contribution in [-0.2, 0) is 17.8 Å². The molecule has 0 unspecified atom stereocenters. The predicted octanol–water partition coefficient (Wildman–Crippen LogP) is 3.35. The monoisotopic (exact) mass is 421 g/mol. The van der Waals surface area contributed by atoms with E-state index in [-0.39, 0.29) is 11.9 Å². The molecular formula is C26H35N3O2. The highest BCUT2D eigenvalue weighted by Crippen LogP contribution is 2.27. The number of carbonyl (C=O) groups is 1. The van der Waals surface area contributed by atoms with Gasteiger partial charge in [-0.15, -0.1) is 0 Å². The summed E-state index contributed by atoms with van der Waals surface area (Å²) in [5.74, 6) is 1.25. The first-order chi connectivity index (χ1) is 15.0. The maximum atomic E-state index is 13.2. The van der Waals surface area contributed by atoms with E-state index in [4.69, 9.17) is 4.74 Å². The molecule has 2 atom stereocenters. The Balaban J connectivity index is 1.48. The fourth-order valence-electron chi connectivity index (χ4n) is 4.94. The van der Waals surface area contributed by atoms with Gasteiger partial charge in [0.2, 0.25) is 5.91 Å². The first-order valence-electron chi connectivity index (χ1n) is 11.4. The lowest BCUT2D eigenvalue weighted by molar-refractivity contribution is -0.131. The molecule has 5 heteroatoms. The van der Waals surface area contributed by atoms with Crippen molar-refractivity contribution in [2.24, 2.45) is 0 Å². The molecule has 1 amide bonds. The average molecular weight is 422 g/mol. The van der Waals surface area contributed by atoms with Crippen molar-refractivity contribution < 1.29 is 9.53 Å². The fraction of sp³-hybridized carbons (Fsp3) is 0.500. The van der Waals surface area contributed by atoms with E-state index in [9.17, 15) is 4.79 Å². The van der Waals surface area contributed by atoms with Gasteiger partial charge in [0.15, 0.2) is 0 Å². The van der Waals surface area contributed by atoms with Crippen molar-refractivity contribution in [2.75, 3.05) is 40.3 Å². The highest BCUT2D eigenvalue weighted by molar-refractivity contribution is 5.79. The Morgan fingerprint density at radius 3 is 2.77 bits per heavy atom. The summed E-state index contributed by atoms with van der Waals surface area (Å²) in [4.78, 5) is 20.1. The third-order valence-corrected chi connectivity index (χ3v) is 6.45. The van der Waals surface area contributed by atoms with Crippen LogP contribution in [0.25, 0.3) is 0 Å². The molecule has 0 aliphatic carbocycles. The molecule has 0 radical (unpaired) electrons. The number of likely N-dealkylation sites (tertiary alicyclic amines) is 1. The van der Waals surface area contributed by atoms with Crippen LogP contribution in [0.5, 0.6) is 5.75 Å². The number of amides is 1. The highest BCUT2D eigenvalue weighted by atomic mass is 16.5. The smallest absolute Gasteiger partial charge is 0.227 e. The van der Waals surface area contributed by atoms with E-state index in [1.165, 1.54) is 11.1 Å². The Morgan fingerprint density at radius 1 is 1.13 bits per heavy atom. The molecular weight excluding hydrogens is 386 g/mol. The number of hydrogen-bond acceptors (Lipinski definition) is 4. The van der Waals surface area contributed by atoms with Crippen molar-refractivity contribution in [1.82, 2.24) is 14.7 Å². The first kappa shape index (κ1) is 21.8. The molecule has 166 valence electrons. The number of benzene rings is 2. The second-order valence-electron chi connectivity index (χ2n) is 9.31. The Bertz CT molecular complexity index is 898. The Kier molecular flexibility index (Phi) is 6.93. The molecule has 0 spiro atoms. The summed E-state index contributed by atoms with van der Waals surface area (Å²) in [6.45, 7) is 6.34. The van der Waals surface area contributed by atoms with Crippen LogP contribution in [-0.4, -0.2) is 73.0 Å². The van der Waals surface area contributed by atoms with Crippen molar-refractivity contribution in [3.8, 4) is 5.75 Å². The van der Waals surface area contributed by atoms with Crippen molar-refractivity contribution in [3.05, 3.63) is 65.2 Å². The number of aryl methyl sites for hydroxylation is 1. The van der Waals surface area contributed by atoms with E-state index in [0.717, 1.165) is 50.3 Å². The van der Waals surface area contributed by atoms with Gasteiger partial charge in [-0.2, -0.15) is 0 Å². The summed E-state index contributed by atoms with van der Waals surface area (Å²) >= 11 is 0. The van der Waals surface area contributed by atoms with Crippen molar-refractivity contribution in [2.45, 2.75) is 44.8 Å². The predicted molar refractivity (Wildman–Crippen MR) is 124 cm³/mol. The topological polar surface area (TPSA) is 36.0 Å². The van der Waals surface area contributed by atoms with Gasteiger partial charge in [-0.3, -0.25) is 9.69 Å². The number of para-hydroxylation sites is 1. The van der Waals surface area contributed by atoms with Gasteiger partial charge in [0.05, 0.1) is 12.5 Å². The maximum absolute atomic E-state index is 13.2. The van der Waals surface area contributed by atoms with Crippen LogP contribution >= 0.6 is 0 Å². The summed E-state index contributed by atoms with van der Waals surface area (Å²) in [6.07, 6.45) is 2.65. The molecule has 4 rings (SSSR count). The van der Waals surface area contributed by atoms with E-state index >= 15 is 0 Å². The summed E-state index contributed by atoms with van der Waals surface area (Å²) in [7, 11) is 4.23. The first-order valence-corrected chi connectivity index (χ1v) is 11.4. The Labute approximate surface area is 186 Å². The third kappa shape index (κ3) is 5.46. The van der Waals surface area contributed by atoms with E-state index in [1.54, 1.807) is 0 Å². The van der Waals surface area contributed by atoms with E-state index in [0.29, 0.717) is 19.1 Å². The Morgan fingerprint density at radius 2 is 1.97 bits per heavy atom. The molecule has 1 fully saturated rings. The molecule has 2 heterocycles. The van der Waals surface area contributed by atoms with Crippen molar-refractivity contribution in [1.29, 1.82) is 0 Å². The molecule has 2 aliphatic heterocycles. The minimum atomic E-state index is 0.253. The minimum absolute atomic E-state index is 0.253. The molecule has 0 bridgehead atoms. The lowest BCUT2D eigenvalue weighted by atomic mass is 10.1. The quantitative estimate of drug-likeness (QED) is 0.717. The number of likely N-dealkylation sites (N-methyl/N-ethyl adjacent to an activating group) is 1. The molecule has 2 aromatic carbocycles. The van der Waals surface area contributed by atoms with Gasteiger partial charge in [-0.1, -0.05) is 48.0 Å². The van der Waals surface area contributed by atoms with Gasteiger partial charge in [-0.05, 0) is 45.5 Å². The molecule has 0 saturated carbocycles. The van der Waals surface area contributed by atoms with Gasteiger partial charge in [-0.25, -0.2) is 0 Å². The van der Waals surface area contributed by atoms with Crippen molar-refractivity contribution in [3.63, 3.8) is 0 Å². The standard InChI is InChI=1S/C26H35N3O2/c1-20-8-6-9-21(14-20)15-26(30)29-13-7-11-23(29)18-28-16-22-10-4-5-12-25(22)31-19-24(28)17-27(2)3/h4-6,8-10,12,14,23-24H,7,11,13,15-19H2,1-3H3/t23-,24+/m1/s1. The summed E-state index contributed by atoms with van der Waals surface area (Å²) in [5, 5.41) is 0. The highest BCUT2D eigenvalue weighted by Gasteiger charge is 2.33. The molecule has 5 nitrogen and oxygen atoms in total. The van der Waals surface area contributed by atoms with Crippen LogP contribution in [0.4, 0.5) is 0 Å². The normalized spacial score (nSPS) is 21.6. The third-order valence-electron chi connectivity index (χ3n) is 6.45. The van der Waals surface area contributed by atoms with Crippen molar-refractivity contribution >= 4 is 5.91 Å². The Hall–Kier alpha value is -2.37. The fourth-order valence-corrected chi connectivity index (χ4v) is 4.94. The SMILES string of the molecule is Cc1cccc(CC(=O)N2CCC[C@@H]2CN2Cc3ccccc3OC[C@@H]2CN(C)C)c1. The average Bonchev–Trinajstić information content (AvgIpc) is 3.12. The van der Waals surface area contributed by atoms with Crippen LogP contribution in [0.3, 0.4) is 0 Å². The molecule has 2 aromatic rings. The molecule has 1 saturated heterocycles. The van der Waals surface area contributed by atoms with E-state index < -0.39 is 0 Å². The zero-order valence-corrected chi connectivity index (χ0v) is 19.1. The number of fused-ring (bicyclic) bond motifs is 1. The summed E-state index contributed by atoms with van der Waals surface area (Å²) < 4.78 is 6.17. The van der Waals surface area contributed by atoms with E-state index in [2.05, 4.69) is 72.1 Å². The second-order valence-corrected chi connectivity index (χ2v) is 9.31. The van der Waals surface area contributed by atoms with Crippen LogP contribution in [0.15, 0.2) is 48.5 Å². The zero-order valence-electron chi connectivity index (χ0n) is 19.1. The van der Waals surface area contributed by atoms with Crippen LogP contribution in [0.1, 0.15) is 29.5 Å². The lowest BCUT2D eigenvalue weighted by Gasteiger charge is -2.35. The minimum Gasteiger partial charge on any atom is -0.492 e. The maximum Gasteiger partial charge on any atom is 0.227 e. The van der Waals surface area contributed by atoms with Gasteiger partial charge in [0, 0.05) is 37.8 Å². The van der Waals surface area contributed by atoms with Gasteiger partial charge < -0.3 is 14.5 Å². The number of carbonyl (C=O) groups excluding carboxylic acids is 1. The van der Waals surface area contributed by atoms with Crippen LogP contribution in [0.2, 0.25) is 0 Å². The number of hydrogen-bond donors (Lipinski definition) is 0. The largest absolute Gasteiger partial charge is 0.492 e. The van der Waals surface area contributed by atoms with Gasteiger partial charge >= 0.3 is 0 Å². The van der Waals surface area contributed by atoms with E-state index in [1.807, 2.05) is 12.1 Å².